The van der Waals surface area contributed by atoms with Crippen LogP contribution < -0.4 is 10.2 Å². The van der Waals surface area contributed by atoms with Crippen molar-refractivity contribution in [3.8, 4) is 0 Å². The number of para-hydroxylation sites is 1. The summed E-state index contributed by atoms with van der Waals surface area (Å²) in [6, 6.07) is 8.73. The van der Waals surface area contributed by atoms with Crippen molar-refractivity contribution in [2.24, 2.45) is 0 Å². The van der Waals surface area contributed by atoms with Crippen molar-refractivity contribution in [3.05, 3.63) is 29.8 Å². The Kier molecular flexibility index (Phi) is 4.83. The summed E-state index contributed by atoms with van der Waals surface area (Å²) in [6.07, 6.45) is 1.97. The van der Waals surface area contributed by atoms with E-state index in [1.807, 2.05) is 4.90 Å². The van der Waals surface area contributed by atoms with E-state index in [-0.39, 0.29) is 6.03 Å². The lowest BCUT2D eigenvalue weighted by atomic mass is 10.1. The number of carbonyl (C=O) groups is 1. The van der Waals surface area contributed by atoms with Gasteiger partial charge in [-0.25, -0.2) is 4.79 Å². The van der Waals surface area contributed by atoms with Gasteiger partial charge in [0.2, 0.25) is 0 Å². The van der Waals surface area contributed by atoms with E-state index >= 15 is 0 Å². The number of anilines is 1. The quantitative estimate of drug-likeness (QED) is 0.914. The van der Waals surface area contributed by atoms with Crippen molar-refractivity contribution in [1.82, 2.24) is 15.1 Å². The Bertz CT molecular complexity index is 511. The predicted molar refractivity (Wildman–Crippen MR) is 89.4 cm³/mol. The molecular weight excluding hydrogens is 276 g/mol. The summed E-state index contributed by atoms with van der Waals surface area (Å²) >= 11 is 0. The van der Waals surface area contributed by atoms with Crippen LogP contribution >= 0.6 is 0 Å². The minimum Gasteiger partial charge on any atom is -0.369 e. The normalized spacial score (nSPS) is 20.1. The van der Waals surface area contributed by atoms with Gasteiger partial charge in [-0.2, -0.15) is 0 Å². The Morgan fingerprint density at radius 3 is 2.64 bits per heavy atom. The number of urea groups is 1. The van der Waals surface area contributed by atoms with Gasteiger partial charge in [-0.1, -0.05) is 18.2 Å². The van der Waals surface area contributed by atoms with Crippen LogP contribution in [0.1, 0.15) is 12.0 Å². The molecule has 0 radical (unpaired) electrons. The third-order valence-electron chi connectivity index (χ3n) is 4.65. The van der Waals surface area contributed by atoms with E-state index in [9.17, 15) is 4.79 Å². The molecule has 1 aromatic carbocycles. The summed E-state index contributed by atoms with van der Waals surface area (Å²) in [5.41, 5.74) is 2.69. The number of hydrogen-bond donors (Lipinski definition) is 1. The number of amides is 2. The van der Waals surface area contributed by atoms with Crippen LogP contribution in [0.5, 0.6) is 0 Å². The van der Waals surface area contributed by atoms with Crippen LogP contribution in [0.25, 0.3) is 0 Å². The Labute approximate surface area is 132 Å². The van der Waals surface area contributed by atoms with E-state index in [0.29, 0.717) is 0 Å². The molecule has 2 heterocycles. The van der Waals surface area contributed by atoms with E-state index in [2.05, 4.69) is 46.4 Å². The van der Waals surface area contributed by atoms with Crippen molar-refractivity contribution in [2.75, 3.05) is 57.8 Å². The molecule has 2 aliphatic heterocycles. The van der Waals surface area contributed by atoms with Gasteiger partial charge in [0.15, 0.2) is 0 Å². The molecule has 0 atom stereocenters. The number of likely N-dealkylation sites (N-methyl/N-ethyl adjacent to an activating group) is 1. The molecule has 1 aromatic rings. The lowest BCUT2D eigenvalue weighted by Gasteiger charge is -2.35. The van der Waals surface area contributed by atoms with Gasteiger partial charge in [0.25, 0.3) is 0 Å². The molecule has 2 saturated heterocycles. The van der Waals surface area contributed by atoms with Crippen molar-refractivity contribution in [3.63, 3.8) is 0 Å². The summed E-state index contributed by atoms with van der Waals surface area (Å²) in [5.74, 6) is 0. The number of rotatable bonds is 4. The van der Waals surface area contributed by atoms with Crippen molar-refractivity contribution in [1.29, 1.82) is 0 Å². The van der Waals surface area contributed by atoms with Crippen LogP contribution in [-0.2, 0) is 6.42 Å². The average molecular weight is 302 g/mol. The van der Waals surface area contributed by atoms with Crippen LogP contribution in [0.4, 0.5) is 10.5 Å². The highest BCUT2D eigenvalue weighted by Crippen LogP contribution is 2.22. The zero-order valence-electron chi connectivity index (χ0n) is 13.4. The van der Waals surface area contributed by atoms with E-state index in [0.717, 1.165) is 58.7 Å². The third-order valence-corrected chi connectivity index (χ3v) is 4.65. The second-order valence-corrected chi connectivity index (χ2v) is 6.24. The summed E-state index contributed by atoms with van der Waals surface area (Å²) in [7, 11) is 2.18. The molecule has 0 saturated carbocycles. The maximum absolute atomic E-state index is 11.8. The van der Waals surface area contributed by atoms with Crippen LogP contribution in [0.2, 0.25) is 0 Å². The molecule has 0 aliphatic carbocycles. The molecule has 22 heavy (non-hydrogen) atoms. The maximum atomic E-state index is 11.8. The molecule has 3 rings (SSSR count). The van der Waals surface area contributed by atoms with Crippen molar-refractivity contribution >= 4 is 11.7 Å². The standard InChI is InChI=1S/C17H26N4O/c1-19-11-13-20(14-12-19)16-6-3-2-5-15(16)7-10-21-9-4-8-18-17(21)22/h2-3,5-6H,4,7-14H2,1H3,(H,18,22). The van der Waals surface area contributed by atoms with Gasteiger partial charge >= 0.3 is 6.03 Å². The predicted octanol–water partition coefficient (Wildman–Crippen LogP) is 1.40. The van der Waals surface area contributed by atoms with Gasteiger partial charge in [0, 0.05) is 51.5 Å². The molecule has 1 N–H and O–H groups in total. The Morgan fingerprint density at radius 2 is 1.86 bits per heavy atom. The molecule has 5 heteroatoms. The van der Waals surface area contributed by atoms with Crippen LogP contribution in [0.3, 0.4) is 0 Å². The highest BCUT2D eigenvalue weighted by molar-refractivity contribution is 5.74. The zero-order chi connectivity index (χ0) is 15.4. The van der Waals surface area contributed by atoms with Crippen molar-refractivity contribution < 1.29 is 4.79 Å². The monoisotopic (exact) mass is 302 g/mol. The lowest BCUT2D eigenvalue weighted by molar-refractivity contribution is 0.187. The smallest absolute Gasteiger partial charge is 0.317 e. The van der Waals surface area contributed by atoms with E-state index < -0.39 is 0 Å². The topological polar surface area (TPSA) is 38.8 Å². The Morgan fingerprint density at radius 1 is 1.09 bits per heavy atom. The number of carbonyl (C=O) groups excluding carboxylic acids is 1. The van der Waals surface area contributed by atoms with Gasteiger partial charge in [0.05, 0.1) is 0 Å². The number of piperazine rings is 1. The van der Waals surface area contributed by atoms with E-state index in [4.69, 9.17) is 0 Å². The minimum absolute atomic E-state index is 0.0864. The number of nitrogens with one attached hydrogen (secondary N) is 1. The molecule has 5 nitrogen and oxygen atoms in total. The molecule has 2 aliphatic rings. The van der Waals surface area contributed by atoms with Crippen molar-refractivity contribution in [2.45, 2.75) is 12.8 Å². The van der Waals surface area contributed by atoms with Gasteiger partial charge in [0.1, 0.15) is 0 Å². The summed E-state index contributed by atoms with van der Waals surface area (Å²) in [4.78, 5) is 18.6. The fraction of sp³-hybridized carbons (Fsp3) is 0.588. The summed E-state index contributed by atoms with van der Waals surface area (Å²) in [6.45, 7) is 6.88. The first-order valence-electron chi connectivity index (χ1n) is 8.28. The fourth-order valence-corrected chi connectivity index (χ4v) is 3.23. The molecular formula is C17H26N4O. The van der Waals surface area contributed by atoms with E-state index in [1.165, 1.54) is 11.3 Å². The number of hydrogen-bond acceptors (Lipinski definition) is 3. The molecule has 0 unspecified atom stereocenters. The van der Waals surface area contributed by atoms with Gasteiger partial charge < -0.3 is 20.0 Å². The average Bonchev–Trinajstić information content (AvgIpc) is 2.55. The van der Waals surface area contributed by atoms with Crippen LogP contribution in [-0.4, -0.2) is 68.7 Å². The second-order valence-electron chi connectivity index (χ2n) is 6.24. The Balaban J connectivity index is 1.64. The highest BCUT2D eigenvalue weighted by Gasteiger charge is 2.19. The molecule has 0 spiro atoms. The van der Waals surface area contributed by atoms with Gasteiger partial charge in [-0.05, 0) is 31.5 Å². The first-order chi connectivity index (χ1) is 10.7. The lowest BCUT2D eigenvalue weighted by Crippen LogP contribution is -2.47. The van der Waals surface area contributed by atoms with Gasteiger partial charge in [-0.15, -0.1) is 0 Å². The van der Waals surface area contributed by atoms with Crippen LogP contribution in [0.15, 0.2) is 24.3 Å². The zero-order valence-corrected chi connectivity index (χ0v) is 13.4. The molecule has 2 amide bonds. The SMILES string of the molecule is CN1CCN(c2ccccc2CCN2CCCNC2=O)CC1. The van der Waals surface area contributed by atoms with Crippen LogP contribution in [0, 0.1) is 0 Å². The largest absolute Gasteiger partial charge is 0.369 e. The number of benzene rings is 1. The van der Waals surface area contributed by atoms with Gasteiger partial charge in [-0.3, -0.25) is 0 Å². The highest BCUT2D eigenvalue weighted by atomic mass is 16.2. The fourth-order valence-electron chi connectivity index (χ4n) is 3.23. The summed E-state index contributed by atoms with van der Waals surface area (Å²) in [5, 5.41) is 2.92. The molecule has 0 bridgehead atoms. The van der Waals surface area contributed by atoms with E-state index in [1.54, 1.807) is 0 Å². The number of nitrogens with zero attached hydrogens (tertiary/aromatic N) is 3. The molecule has 120 valence electrons. The first kappa shape index (κ1) is 15.2. The molecule has 0 aromatic heterocycles. The Hall–Kier alpha value is -1.75. The maximum Gasteiger partial charge on any atom is 0.317 e. The molecule has 2 fully saturated rings. The second kappa shape index (κ2) is 7.01. The first-order valence-corrected chi connectivity index (χ1v) is 8.28. The third kappa shape index (κ3) is 3.53. The summed E-state index contributed by atoms with van der Waals surface area (Å²) < 4.78 is 0. The minimum atomic E-state index is 0.0864.